The Balaban J connectivity index is 0.00000341. The molecule has 0 aromatic carbocycles. The van der Waals surface area contributed by atoms with Gasteiger partial charge in [0.2, 0.25) is 0 Å². The Bertz CT molecular complexity index is 695. The lowest BCUT2D eigenvalue weighted by Crippen LogP contribution is -2.49. The molecule has 7 nitrogen and oxygen atoms in total. The van der Waals surface area contributed by atoms with Crippen molar-refractivity contribution in [1.82, 2.24) is 15.5 Å². The Hall–Kier alpha value is -1.23. The van der Waals surface area contributed by atoms with E-state index in [0.717, 1.165) is 51.3 Å². The van der Waals surface area contributed by atoms with Gasteiger partial charge in [-0.2, -0.15) is 0 Å². The first-order valence-electron chi connectivity index (χ1n) is 11.2. The van der Waals surface area contributed by atoms with E-state index in [-0.39, 0.29) is 30.1 Å². The topological polar surface area (TPSA) is 69.2 Å². The molecule has 2 fully saturated rings. The first-order chi connectivity index (χ1) is 14.4. The number of aliphatic imine (C=N–C) groups is 1. The van der Waals surface area contributed by atoms with Crippen LogP contribution in [0.4, 0.5) is 9.80 Å². The molecule has 3 rings (SSSR count). The minimum atomic E-state index is -0.470. The summed E-state index contributed by atoms with van der Waals surface area (Å²) in [4.78, 5) is 21.6. The molecule has 1 aliphatic heterocycles. The number of carbonyl (C=O) groups is 1. The van der Waals surface area contributed by atoms with Crippen LogP contribution in [0.25, 0.3) is 0 Å². The molecule has 0 bridgehead atoms. The second-order valence-corrected chi connectivity index (χ2v) is 9.95. The first kappa shape index (κ1) is 26.0. The SMILES string of the molecule is CCNC(=NCCN(C(=O)OC(C)(C)C)C1CC1)NC1CCN(c2cccs2)CC1.I. The van der Waals surface area contributed by atoms with Gasteiger partial charge in [-0.15, -0.1) is 35.3 Å². The Morgan fingerprint density at radius 1 is 1.29 bits per heavy atom. The van der Waals surface area contributed by atoms with Crippen molar-refractivity contribution in [3.8, 4) is 0 Å². The number of thiophene rings is 1. The predicted octanol–water partition coefficient (Wildman–Crippen LogP) is 4.29. The smallest absolute Gasteiger partial charge is 0.410 e. The lowest BCUT2D eigenvalue weighted by Gasteiger charge is -2.33. The number of hydrogen-bond acceptors (Lipinski definition) is 5. The first-order valence-corrected chi connectivity index (χ1v) is 12.1. The molecular formula is C22H38IN5O2S. The Kier molecular flexibility index (Phi) is 10.2. The van der Waals surface area contributed by atoms with Gasteiger partial charge in [-0.25, -0.2) is 4.79 Å². The summed E-state index contributed by atoms with van der Waals surface area (Å²) in [7, 11) is 0. The number of rotatable bonds is 7. The molecule has 176 valence electrons. The van der Waals surface area contributed by atoms with Crippen LogP contribution in [-0.2, 0) is 4.74 Å². The average molecular weight is 564 g/mol. The third-order valence-corrected chi connectivity index (χ3v) is 6.15. The van der Waals surface area contributed by atoms with Gasteiger partial charge in [0.25, 0.3) is 0 Å². The fraction of sp³-hybridized carbons (Fsp3) is 0.727. The molecule has 1 aliphatic carbocycles. The van der Waals surface area contributed by atoms with Gasteiger partial charge in [0.05, 0.1) is 11.5 Å². The lowest BCUT2D eigenvalue weighted by atomic mass is 10.1. The number of hydrogen-bond donors (Lipinski definition) is 2. The zero-order valence-electron chi connectivity index (χ0n) is 19.2. The van der Waals surface area contributed by atoms with Crippen molar-refractivity contribution in [2.24, 2.45) is 4.99 Å². The molecule has 1 saturated carbocycles. The van der Waals surface area contributed by atoms with Crippen molar-refractivity contribution < 1.29 is 9.53 Å². The number of nitrogens with zero attached hydrogens (tertiary/aromatic N) is 3. The Morgan fingerprint density at radius 2 is 2.00 bits per heavy atom. The minimum absolute atomic E-state index is 0. The number of ether oxygens (including phenoxy) is 1. The summed E-state index contributed by atoms with van der Waals surface area (Å²) >= 11 is 1.81. The lowest BCUT2D eigenvalue weighted by molar-refractivity contribution is 0.0240. The summed E-state index contributed by atoms with van der Waals surface area (Å²) in [5, 5.41) is 10.4. The summed E-state index contributed by atoms with van der Waals surface area (Å²) in [5.41, 5.74) is -0.470. The highest BCUT2D eigenvalue weighted by atomic mass is 127. The van der Waals surface area contributed by atoms with E-state index in [0.29, 0.717) is 25.2 Å². The second kappa shape index (κ2) is 12.1. The Morgan fingerprint density at radius 3 is 2.55 bits per heavy atom. The highest BCUT2D eigenvalue weighted by Crippen LogP contribution is 2.28. The van der Waals surface area contributed by atoms with Crippen molar-refractivity contribution >= 4 is 52.4 Å². The fourth-order valence-corrected chi connectivity index (χ4v) is 4.39. The molecule has 2 heterocycles. The largest absolute Gasteiger partial charge is 0.444 e. The van der Waals surface area contributed by atoms with Crippen LogP contribution >= 0.6 is 35.3 Å². The maximum absolute atomic E-state index is 12.5. The number of nitrogens with one attached hydrogen (secondary N) is 2. The molecule has 0 radical (unpaired) electrons. The van der Waals surface area contributed by atoms with Gasteiger partial charge in [0.1, 0.15) is 5.60 Å². The van der Waals surface area contributed by atoms with Gasteiger partial charge in [-0.3, -0.25) is 4.99 Å². The highest BCUT2D eigenvalue weighted by Gasteiger charge is 2.34. The van der Waals surface area contributed by atoms with E-state index in [2.05, 4.69) is 40.0 Å². The van der Waals surface area contributed by atoms with Gasteiger partial charge in [0.15, 0.2) is 5.96 Å². The van der Waals surface area contributed by atoms with Crippen LogP contribution in [0, 0.1) is 0 Å². The molecule has 0 atom stereocenters. The molecule has 1 aromatic heterocycles. The van der Waals surface area contributed by atoms with Gasteiger partial charge >= 0.3 is 6.09 Å². The van der Waals surface area contributed by atoms with Crippen LogP contribution in [0.3, 0.4) is 0 Å². The second-order valence-electron chi connectivity index (χ2n) is 9.02. The fourth-order valence-electron chi connectivity index (χ4n) is 3.61. The zero-order chi connectivity index (χ0) is 21.6. The molecule has 0 unspecified atom stereocenters. The minimum Gasteiger partial charge on any atom is -0.444 e. The molecule has 1 aromatic rings. The van der Waals surface area contributed by atoms with Crippen molar-refractivity contribution in [3.05, 3.63) is 17.5 Å². The number of amides is 1. The maximum atomic E-state index is 12.5. The van der Waals surface area contributed by atoms with Crippen LogP contribution < -0.4 is 15.5 Å². The average Bonchev–Trinajstić information content (AvgIpc) is 3.36. The number of guanidine groups is 1. The molecule has 31 heavy (non-hydrogen) atoms. The summed E-state index contributed by atoms with van der Waals surface area (Å²) in [6.07, 6.45) is 4.08. The summed E-state index contributed by atoms with van der Waals surface area (Å²) in [6.45, 7) is 11.9. The molecule has 2 N–H and O–H groups in total. The third-order valence-electron chi connectivity index (χ3n) is 5.22. The quantitative estimate of drug-likeness (QED) is 0.295. The van der Waals surface area contributed by atoms with Gasteiger partial charge in [-0.1, -0.05) is 0 Å². The van der Waals surface area contributed by atoms with Crippen molar-refractivity contribution in [2.45, 2.75) is 71.1 Å². The van der Waals surface area contributed by atoms with Crippen LogP contribution in [0.2, 0.25) is 0 Å². The maximum Gasteiger partial charge on any atom is 0.410 e. The van der Waals surface area contributed by atoms with E-state index in [1.165, 1.54) is 5.00 Å². The third kappa shape index (κ3) is 8.67. The monoisotopic (exact) mass is 563 g/mol. The number of anilines is 1. The number of halogens is 1. The van der Waals surface area contributed by atoms with Crippen LogP contribution in [0.5, 0.6) is 0 Å². The van der Waals surface area contributed by atoms with Crippen molar-refractivity contribution in [3.63, 3.8) is 0 Å². The Labute approximate surface area is 208 Å². The molecule has 0 spiro atoms. The van der Waals surface area contributed by atoms with E-state index in [1.54, 1.807) is 11.3 Å². The van der Waals surface area contributed by atoms with E-state index in [4.69, 9.17) is 9.73 Å². The summed E-state index contributed by atoms with van der Waals surface area (Å²) < 4.78 is 5.57. The number of carbonyl (C=O) groups excluding carboxylic acids is 1. The van der Waals surface area contributed by atoms with Crippen molar-refractivity contribution in [1.29, 1.82) is 0 Å². The van der Waals surface area contributed by atoms with E-state index >= 15 is 0 Å². The standard InChI is InChI=1S/C22H37N5O2S.HI/c1-5-23-20(25-17-10-13-26(14-11-17)19-7-6-16-30-19)24-12-15-27(18-8-9-18)21(28)29-22(2,3)4;/h6-7,16-18H,5,8-15H2,1-4H3,(H2,23,24,25);1H. The number of piperidine rings is 1. The molecular weight excluding hydrogens is 525 g/mol. The summed E-state index contributed by atoms with van der Waals surface area (Å²) in [5.74, 6) is 0.840. The van der Waals surface area contributed by atoms with Gasteiger partial charge < -0.3 is 25.2 Å². The van der Waals surface area contributed by atoms with Gasteiger partial charge in [0, 0.05) is 38.3 Å². The van der Waals surface area contributed by atoms with Crippen LogP contribution in [-0.4, -0.2) is 67.4 Å². The van der Waals surface area contributed by atoms with Crippen LogP contribution in [0.15, 0.2) is 22.5 Å². The van der Waals surface area contributed by atoms with E-state index in [9.17, 15) is 4.79 Å². The normalized spacial score (nSPS) is 17.7. The molecule has 1 saturated heterocycles. The van der Waals surface area contributed by atoms with E-state index in [1.807, 2.05) is 25.7 Å². The summed E-state index contributed by atoms with van der Waals surface area (Å²) in [6, 6.07) is 5.04. The molecule has 1 amide bonds. The van der Waals surface area contributed by atoms with Gasteiger partial charge in [-0.05, 0) is 70.9 Å². The highest BCUT2D eigenvalue weighted by molar-refractivity contribution is 14.0. The van der Waals surface area contributed by atoms with E-state index < -0.39 is 5.60 Å². The predicted molar refractivity (Wildman–Crippen MR) is 140 cm³/mol. The zero-order valence-corrected chi connectivity index (χ0v) is 22.4. The van der Waals surface area contributed by atoms with Crippen molar-refractivity contribution in [2.75, 3.05) is 37.6 Å². The molecule has 9 heteroatoms. The molecule has 2 aliphatic rings. The van der Waals surface area contributed by atoms with Crippen LogP contribution in [0.1, 0.15) is 53.4 Å².